The number of para-hydroxylation sites is 1. The lowest BCUT2D eigenvalue weighted by molar-refractivity contribution is 0.403. The molecule has 4 heteroatoms. The van der Waals surface area contributed by atoms with Crippen LogP contribution in [-0.2, 0) is 7.05 Å². The van der Waals surface area contributed by atoms with Gasteiger partial charge in [0.05, 0.1) is 18.8 Å². The first kappa shape index (κ1) is 15.6. The van der Waals surface area contributed by atoms with Gasteiger partial charge in [-0.1, -0.05) is 25.1 Å². The Morgan fingerprint density at radius 1 is 1.29 bits per heavy atom. The molecule has 1 unspecified atom stereocenters. The van der Waals surface area contributed by atoms with E-state index in [-0.39, 0.29) is 6.04 Å². The van der Waals surface area contributed by atoms with E-state index in [1.807, 2.05) is 23.9 Å². The van der Waals surface area contributed by atoms with Crippen molar-refractivity contribution >= 4 is 0 Å². The van der Waals surface area contributed by atoms with Gasteiger partial charge in [0.1, 0.15) is 5.75 Å². The Hall–Kier alpha value is -1.81. The summed E-state index contributed by atoms with van der Waals surface area (Å²) in [4.78, 5) is 0. The number of hydrogen-bond acceptors (Lipinski definition) is 3. The zero-order valence-corrected chi connectivity index (χ0v) is 13.6. The highest BCUT2D eigenvalue weighted by Crippen LogP contribution is 2.33. The third-order valence-electron chi connectivity index (χ3n) is 3.90. The normalized spacial score (nSPS) is 12.4. The zero-order chi connectivity index (χ0) is 15.4. The minimum absolute atomic E-state index is 0.106. The van der Waals surface area contributed by atoms with Gasteiger partial charge >= 0.3 is 0 Å². The van der Waals surface area contributed by atoms with E-state index in [1.54, 1.807) is 7.11 Å². The van der Waals surface area contributed by atoms with E-state index in [2.05, 4.69) is 43.3 Å². The van der Waals surface area contributed by atoms with Crippen LogP contribution >= 0.6 is 0 Å². The molecule has 0 aliphatic rings. The lowest BCUT2D eigenvalue weighted by Gasteiger charge is -2.22. The van der Waals surface area contributed by atoms with Gasteiger partial charge in [-0.3, -0.25) is 4.68 Å². The fraction of sp³-hybridized carbons (Fsp3) is 0.471. The second-order valence-corrected chi connectivity index (χ2v) is 5.34. The molecule has 0 fully saturated rings. The monoisotopic (exact) mass is 287 g/mol. The predicted octanol–water partition coefficient (Wildman–Crippen LogP) is 3.13. The maximum absolute atomic E-state index is 5.55. The summed E-state index contributed by atoms with van der Waals surface area (Å²) in [5.41, 5.74) is 4.66. The smallest absolute Gasteiger partial charge is 0.123 e. The number of aromatic nitrogens is 2. The average molecular weight is 287 g/mol. The number of ether oxygens (including phenoxy) is 1. The summed E-state index contributed by atoms with van der Waals surface area (Å²) in [6.45, 7) is 7.31. The van der Waals surface area contributed by atoms with Crippen molar-refractivity contribution in [2.75, 3.05) is 13.7 Å². The van der Waals surface area contributed by atoms with Crippen LogP contribution in [0.1, 0.15) is 41.9 Å². The number of benzene rings is 1. The molecule has 0 saturated heterocycles. The molecule has 0 bridgehead atoms. The molecule has 0 saturated carbocycles. The van der Waals surface area contributed by atoms with Gasteiger partial charge in [-0.2, -0.15) is 5.10 Å². The van der Waals surface area contributed by atoms with E-state index >= 15 is 0 Å². The summed E-state index contributed by atoms with van der Waals surface area (Å²) in [7, 11) is 3.71. The van der Waals surface area contributed by atoms with Crippen molar-refractivity contribution in [1.29, 1.82) is 0 Å². The van der Waals surface area contributed by atoms with Crippen LogP contribution in [0.25, 0.3) is 0 Å². The Morgan fingerprint density at radius 3 is 2.57 bits per heavy atom. The molecule has 1 N–H and O–H groups in total. The van der Waals surface area contributed by atoms with Crippen molar-refractivity contribution in [2.45, 2.75) is 33.2 Å². The first-order valence-electron chi connectivity index (χ1n) is 7.46. The molecule has 4 nitrogen and oxygen atoms in total. The highest BCUT2D eigenvalue weighted by atomic mass is 16.5. The topological polar surface area (TPSA) is 39.1 Å². The Kier molecular flexibility index (Phi) is 5.02. The lowest BCUT2D eigenvalue weighted by atomic mass is 9.96. The maximum Gasteiger partial charge on any atom is 0.123 e. The minimum Gasteiger partial charge on any atom is -0.496 e. The van der Waals surface area contributed by atoms with Crippen molar-refractivity contribution in [3.05, 3.63) is 46.8 Å². The van der Waals surface area contributed by atoms with E-state index in [1.165, 1.54) is 11.3 Å². The van der Waals surface area contributed by atoms with Gasteiger partial charge in [0.15, 0.2) is 0 Å². The Bertz CT molecular complexity index is 604. The third kappa shape index (κ3) is 3.10. The molecular formula is C17H25N3O. The number of nitrogens with zero attached hydrogens (tertiary/aromatic N) is 2. The quantitative estimate of drug-likeness (QED) is 0.887. The van der Waals surface area contributed by atoms with Gasteiger partial charge in [-0.15, -0.1) is 0 Å². The molecule has 0 amide bonds. The van der Waals surface area contributed by atoms with Crippen molar-refractivity contribution in [3.8, 4) is 5.75 Å². The second-order valence-electron chi connectivity index (χ2n) is 5.34. The van der Waals surface area contributed by atoms with E-state index in [0.717, 1.165) is 30.0 Å². The number of hydrogen-bond donors (Lipinski definition) is 1. The van der Waals surface area contributed by atoms with Gasteiger partial charge < -0.3 is 10.1 Å². The van der Waals surface area contributed by atoms with Crippen LogP contribution in [0.5, 0.6) is 5.75 Å². The van der Waals surface area contributed by atoms with Crippen LogP contribution in [0.4, 0.5) is 0 Å². The van der Waals surface area contributed by atoms with Crippen LogP contribution in [0.2, 0.25) is 0 Å². The van der Waals surface area contributed by atoms with Crippen LogP contribution in [0.15, 0.2) is 24.3 Å². The highest BCUT2D eigenvalue weighted by Gasteiger charge is 2.23. The Labute approximate surface area is 127 Å². The largest absolute Gasteiger partial charge is 0.496 e. The average Bonchev–Trinajstić information content (AvgIpc) is 2.74. The number of aryl methyl sites for hydroxylation is 2. The summed E-state index contributed by atoms with van der Waals surface area (Å²) in [6, 6.07) is 8.30. The van der Waals surface area contributed by atoms with Crippen molar-refractivity contribution in [3.63, 3.8) is 0 Å². The van der Waals surface area contributed by atoms with E-state index in [9.17, 15) is 0 Å². The minimum atomic E-state index is 0.106. The van der Waals surface area contributed by atoms with Gasteiger partial charge in [-0.05, 0) is 32.9 Å². The number of methoxy groups -OCH3 is 1. The lowest BCUT2D eigenvalue weighted by Crippen LogP contribution is -2.24. The highest BCUT2D eigenvalue weighted by molar-refractivity contribution is 5.44. The fourth-order valence-electron chi connectivity index (χ4n) is 2.77. The first-order valence-corrected chi connectivity index (χ1v) is 7.46. The van der Waals surface area contributed by atoms with Crippen molar-refractivity contribution in [2.24, 2.45) is 7.05 Å². The Balaban J connectivity index is 2.52. The van der Waals surface area contributed by atoms with Crippen LogP contribution in [0, 0.1) is 13.8 Å². The van der Waals surface area contributed by atoms with Gasteiger partial charge in [-0.25, -0.2) is 0 Å². The van der Waals surface area contributed by atoms with E-state index < -0.39 is 0 Å². The van der Waals surface area contributed by atoms with Crippen molar-refractivity contribution in [1.82, 2.24) is 15.1 Å². The molecule has 0 spiro atoms. The van der Waals surface area contributed by atoms with Gasteiger partial charge in [0, 0.05) is 23.9 Å². The first-order chi connectivity index (χ1) is 10.1. The standard InChI is InChI=1S/C17H25N3O/c1-6-11-18-17(14-9-7-8-10-15(14)21-5)16-12(2)19-20(4)13(16)3/h7-10,17-18H,6,11H2,1-5H3. The second kappa shape index (κ2) is 6.76. The predicted molar refractivity (Wildman–Crippen MR) is 85.8 cm³/mol. The number of nitrogens with one attached hydrogen (secondary N) is 1. The fourth-order valence-corrected chi connectivity index (χ4v) is 2.77. The van der Waals surface area contributed by atoms with Crippen LogP contribution in [0.3, 0.4) is 0 Å². The molecular weight excluding hydrogens is 262 g/mol. The summed E-state index contributed by atoms with van der Waals surface area (Å²) in [6.07, 6.45) is 1.09. The molecule has 1 aromatic carbocycles. The maximum atomic E-state index is 5.55. The SMILES string of the molecule is CCCNC(c1ccccc1OC)c1c(C)nn(C)c1C. The van der Waals surface area contributed by atoms with Gasteiger partial charge in [0.25, 0.3) is 0 Å². The van der Waals surface area contributed by atoms with E-state index in [4.69, 9.17) is 4.74 Å². The molecule has 2 aromatic rings. The molecule has 0 radical (unpaired) electrons. The Morgan fingerprint density at radius 2 is 2.00 bits per heavy atom. The van der Waals surface area contributed by atoms with Crippen molar-refractivity contribution < 1.29 is 4.74 Å². The molecule has 1 heterocycles. The third-order valence-corrected chi connectivity index (χ3v) is 3.90. The molecule has 0 aliphatic heterocycles. The summed E-state index contributed by atoms with van der Waals surface area (Å²) >= 11 is 0. The molecule has 0 aliphatic carbocycles. The summed E-state index contributed by atoms with van der Waals surface area (Å²) in [5, 5.41) is 8.19. The molecule has 21 heavy (non-hydrogen) atoms. The van der Waals surface area contributed by atoms with Crippen LogP contribution < -0.4 is 10.1 Å². The molecule has 2 rings (SSSR count). The van der Waals surface area contributed by atoms with Gasteiger partial charge in [0.2, 0.25) is 0 Å². The van der Waals surface area contributed by atoms with Crippen LogP contribution in [-0.4, -0.2) is 23.4 Å². The molecule has 114 valence electrons. The number of rotatable bonds is 6. The zero-order valence-electron chi connectivity index (χ0n) is 13.6. The molecule has 1 aromatic heterocycles. The van der Waals surface area contributed by atoms with E-state index in [0.29, 0.717) is 0 Å². The summed E-state index contributed by atoms with van der Waals surface area (Å²) in [5.74, 6) is 0.911. The molecule has 1 atom stereocenters. The summed E-state index contributed by atoms with van der Waals surface area (Å²) < 4.78 is 7.49.